The van der Waals surface area contributed by atoms with Crippen LogP contribution in [-0.2, 0) is 16.1 Å². The van der Waals surface area contributed by atoms with E-state index in [1.165, 1.54) is 6.33 Å². The Labute approximate surface area is 244 Å². The number of unbranched alkanes of at least 4 members (excludes halogenated alkanes) is 3. The summed E-state index contributed by atoms with van der Waals surface area (Å²) in [5.41, 5.74) is 3.61. The quantitative estimate of drug-likeness (QED) is 0.104. The first-order valence-corrected chi connectivity index (χ1v) is 14.3. The van der Waals surface area contributed by atoms with Crippen LogP contribution < -0.4 is 14.8 Å². The third kappa shape index (κ3) is 7.15. The zero-order valence-electron chi connectivity index (χ0n) is 23.9. The Morgan fingerprint density at radius 3 is 2.57 bits per heavy atom. The number of nitrogens with zero attached hydrogens (tertiary/aromatic N) is 2. The summed E-state index contributed by atoms with van der Waals surface area (Å²) < 4.78 is 32.7. The van der Waals surface area contributed by atoms with Crippen molar-refractivity contribution in [1.29, 1.82) is 0 Å². The predicted octanol–water partition coefficient (Wildman–Crippen LogP) is 7.77. The Morgan fingerprint density at radius 2 is 1.74 bits per heavy atom. The average molecular weight is 571 g/mol. The summed E-state index contributed by atoms with van der Waals surface area (Å²) in [6.45, 7) is 4.96. The second-order valence-corrected chi connectivity index (χ2v) is 10.1. The highest BCUT2D eigenvalue weighted by atomic mass is 19.1. The lowest BCUT2D eigenvalue weighted by Gasteiger charge is -2.16. The van der Waals surface area contributed by atoms with E-state index in [1.807, 2.05) is 62.4 Å². The van der Waals surface area contributed by atoms with E-state index in [4.69, 9.17) is 14.2 Å². The smallest absolute Gasteiger partial charge is 0.305 e. The van der Waals surface area contributed by atoms with E-state index in [-0.39, 0.29) is 11.8 Å². The zero-order valence-corrected chi connectivity index (χ0v) is 23.9. The number of carbonyl (C=O) groups excluding carboxylic acids is 1. The number of fused-ring (bicyclic) bond motifs is 2. The first-order valence-electron chi connectivity index (χ1n) is 14.3. The summed E-state index contributed by atoms with van der Waals surface area (Å²) in [5, 5.41) is 4.35. The van der Waals surface area contributed by atoms with Gasteiger partial charge in [0, 0.05) is 34.5 Å². The second kappa shape index (κ2) is 13.8. The molecule has 3 aromatic carbocycles. The molecule has 0 bridgehead atoms. The SMILES string of the molecule is CCOC(=O)CCCCCCOc1cc2c(Nc3ccc4[nH]c(C)cc4c3F)ncnc2cc1OCc1ccccc1. The number of H-pyrrole nitrogens is 1. The van der Waals surface area contributed by atoms with E-state index >= 15 is 4.39 Å². The number of hydrogen-bond donors (Lipinski definition) is 2. The topological polar surface area (TPSA) is 98.4 Å². The maximum absolute atomic E-state index is 15.4. The minimum absolute atomic E-state index is 0.153. The Bertz CT molecular complexity index is 1660. The molecular weight excluding hydrogens is 535 g/mol. The molecule has 0 amide bonds. The highest BCUT2D eigenvalue weighted by Gasteiger charge is 2.16. The van der Waals surface area contributed by atoms with Crippen LogP contribution in [0.25, 0.3) is 21.8 Å². The summed E-state index contributed by atoms with van der Waals surface area (Å²) in [7, 11) is 0. The highest BCUT2D eigenvalue weighted by molar-refractivity contribution is 5.94. The summed E-state index contributed by atoms with van der Waals surface area (Å²) in [5.74, 6) is 1.07. The third-order valence-corrected chi connectivity index (χ3v) is 6.90. The number of aromatic nitrogens is 3. The lowest BCUT2D eigenvalue weighted by atomic mass is 10.1. The molecule has 0 aliphatic carbocycles. The van der Waals surface area contributed by atoms with Crippen LogP contribution in [0.5, 0.6) is 11.5 Å². The van der Waals surface area contributed by atoms with Gasteiger partial charge in [0.15, 0.2) is 17.3 Å². The molecule has 0 aliphatic heterocycles. The van der Waals surface area contributed by atoms with Gasteiger partial charge in [-0.3, -0.25) is 4.79 Å². The molecule has 8 nitrogen and oxygen atoms in total. The lowest BCUT2D eigenvalue weighted by molar-refractivity contribution is -0.143. The fraction of sp³-hybridized carbons (Fsp3) is 0.303. The number of ether oxygens (including phenoxy) is 3. The van der Waals surface area contributed by atoms with E-state index in [2.05, 4.69) is 20.3 Å². The number of esters is 1. The first kappa shape index (κ1) is 28.9. The minimum Gasteiger partial charge on any atom is -0.490 e. The summed E-state index contributed by atoms with van der Waals surface area (Å²) >= 11 is 0. The van der Waals surface area contributed by atoms with Crippen molar-refractivity contribution in [3.63, 3.8) is 0 Å². The first-order chi connectivity index (χ1) is 20.5. The van der Waals surface area contributed by atoms with Crippen molar-refractivity contribution in [2.45, 2.75) is 52.6 Å². The number of halogens is 1. The minimum atomic E-state index is -0.356. The molecule has 2 aromatic heterocycles. The van der Waals surface area contributed by atoms with Crippen LogP contribution in [0, 0.1) is 12.7 Å². The van der Waals surface area contributed by atoms with Crippen LogP contribution in [0.3, 0.4) is 0 Å². The zero-order chi connectivity index (χ0) is 29.3. The Morgan fingerprint density at radius 1 is 0.929 bits per heavy atom. The van der Waals surface area contributed by atoms with Crippen LogP contribution >= 0.6 is 0 Å². The largest absolute Gasteiger partial charge is 0.490 e. The molecule has 0 fully saturated rings. The molecule has 0 saturated heterocycles. The van der Waals surface area contributed by atoms with Crippen molar-refractivity contribution in [1.82, 2.24) is 15.0 Å². The predicted molar refractivity (Wildman–Crippen MR) is 162 cm³/mol. The van der Waals surface area contributed by atoms with Gasteiger partial charge in [-0.2, -0.15) is 0 Å². The van der Waals surface area contributed by atoms with Gasteiger partial charge in [-0.1, -0.05) is 43.2 Å². The van der Waals surface area contributed by atoms with Crippen molar-refractivity contribution in [2.75, 3.05) is 18.5 Å². The number of benzene rings is 3. The average Bonchev–Trinajstić information content (AvgIpc) is 3.39. The maximum atomic E-state index is 15.4. The molecule has 218 valence electrons. The normalized spacial score (nSPS) is 11.1. The van der Waals surface area contributed by atoms with E-state index in [0.29, 0.717) is 65.5 Å². The molecule has 2 heterocycles. The Balaban J connectivity index is 1.34. The molecule has 2 N–H and O–H groups in total. The molecular formula is C33H35FN4O4. The van der Waals surface area contributed by atoms with Gasteiger partial charge in [-0.05, 0) is 56.5 Å². The summed E-state index contributed by atoms with van der Waals surface area (Å²) in [6.07, 6.45) is 5.32. The number of carbonyl (C=O) groups is 1. The molecule has 0 aliphatic rings. The highest BCUT2D eigenvalue weighted by Crippen LogP contribution is 2.36. The molecule has 0 radical (unpaired) electrons. The number of anilines is 2. The van der Waals surface area contributed by atoms with E-state index in [9.17, 15) is 4.79 Å². The van der Waals surface area contributed by atoms with Crippen LogP contribution in [0.2, 0.25) is 0 Å². The number of hydrogen-bond acceptors (Lipinski definition) is 7. The fourth-order valence-corrected chi connectivity index (χ4v) is 4.80. The fourth-order valence-electron chi connectivity index (χ4n) is 4.80. The van der Waals surface area contributed by atoms with Gasteiger partial charge >= 0.3 is 5.97 Å². The molecule has 9 heteroatoms. The number of rotatable bonds is 14. The summed E-state index contributed by atoms with van der Waals surface area (Å²) in [4.78, 5) is 23.6. The van der Waals surface area contributed by atoms with Crippen molar-refractivity contribution in [3.8, 4) is 11.5 Å². The van der Waals surface area contributed by atoms with Gasteiger partial charge in [0.25, 0.3) is 0 Å². The van der Waals surface area contributed by atoms with Gasteiger partial charge in [0.05, 0.1) is 24.4 Å². The molecule has 42 heavy (non-hydrogen) atoms. The van der Waals surface area contributed by atoms with E-state index < -0.39 is 0 Å². The van der Waals surface area contributed by atoms with Crippen molar-refractivity contribution < 1.29 is 23.4 Å². The van der Waals surface area contributed by atoms with Crippen molar-refractivity contribution >= 4 is 39.3 Å². The summed E-state index contributed by atoms with van der Waals surface area (Å²) in [6, 6.07) is 18.9. The van der Waals surface area contributed by atoms with E-state index in [1.54, 1.807) is 12.1 Å². The van der Waals surface area contributed by atoms with Gasteiger partial charge in [0.2, 0.25) is 0 Å². The number of aromatic amines is 1. The monoisotopic (exact) mass is 570 g/mol. The van der Waals surface area contributed by atoms with E-state index in [0.717, 1.165) is 42.5 Å². The number of nitrogens with one attached hydrogen (secondary N) is 2. The molecule has 0 unspecified atom stereocenters. The van der Waals surface area contributed by atoms with Gasteiger partial charge in [0.1, 0.15) is 18.8 Å². The van der Waals surface area contributed by atoms with Gasteiger partial charge < -0.3 is 24.5 Å². The standard InChI is InChI=1S/C33H35FN4O4/c1-3-40-31(39)13-9-4-5-10-16-41-29-18-25-28(19-30(29)42-20-23-11-7-6-8-12-23)35-21-36-33(25)38-27-15-14-26-24(32(27)34)17-22(2)37-26/h6-8,11-12,14-15,17-19,21,37H,3-5,9-10,13,16,20H2,1-2H3,(H,35,36,38). The van der Waals surface area contributed by atoms with Crippen LogP contribution in [0.1, 0.15) is 50.3 Å². The Kier molecular flexibility index (Phi) is 9.48. The van der Waals surface area contributed by atoms with Crippen molar-refractivity contribution in [3.05, 3.63) is 84.1 Å². The maximum Gasteiger partial charge on any atom is 0.305 e. The van der Waals surface area contributed by atoms with Gasteiger partial charge in [-0.25, -0.2) is 14.4 Å². The number of aryl methyl sites for hydroxylation is 1. The lowest BCUT2D eigenvalue weighted by Crippen LogP contribution is -2.04. The second-order valence-electron chi connectivity index (χ2n) is 10.1. The molecule has 5 rings (SSSR count). The molecule has 0 spiro atoms. The Hall–Kier alpha value is -4.66. The molecule has 0 atom stereocenters. The van der Waals surface area contributed by atoms with Crippen molar-refractivity contribution in [2.24, 2.45) is 0 Å². The van der Waals surface area contributed by atoms with Crippen LogP contribution in [0.4, 0.5) is 15.9 Å². The van der Waals surface area contributed by atoms with Gasteiger partial charge in [-0.15, -0.1) is 0 Å². The molecule has 5 aromatic rings. The third-order valence-electron chi connectivity index (χ3n) is 6.90. The molecule has 0 saturated carbocycles. The van der Waals surface area contributed by atoms with Crippen LogP contribution in [0.15, 0.2) is 67.0 Å². The van der Waals surface area contributed by atoms with Crippen LogP contribution in [-0.4, -0.2) is 34.1 Å².